The molecule has 0 bridgehead atoms. The molecule has 3 heteroatoms. The van der Waals surface area contributed by atoms with Gasteiger partial charge in [-0.2, -0.15) is 0 Å². The van der Waals surface area contributed by atoms with Gasteiger partial charge in [-0.05, 0) is 38.7 Å². The van der Waals surface area contributed by atoms with E-state index in [0.717, 1.165) is 19.0 Å². The molecule has 0 unspecified atom stereocenters. The lowest BCUT2D eigenvalue weighted by molar-refractivity contribution is 0.334. The maximum atomic E-state index is 11.5. The van der Waals surface area contributed by atoms with Gasteiger partial charge in [-0.3, -0.25) is 4.79 Å². The SMILES string of the molecule is CC(C)(NCCn1ccccc1=O)C1CC1. The third-order valence-corrected chi connectivity index (χ3v) is 3.43. The van der Waals surface area contributed by atoms with Crippen LogP contribution in [-0.2, 0) is 6.54 Å². The van der Waals surface area contributed by atoms with Crippen molar-refractivity contribution in [3.8, 4) is 0 Å². The predicted octanol–water partition coefficient (Wildman–Crippen LogP) is 1.63. The van der Waals surface area contributed by atoms with E-state index < -0.39 is 0 Å². The third kappa shape index (κ3) is 2.73. The highest BCUT2D eigenvalue weighted by atomic mass is 16.1. The second-order valence-electron chi connectivity index (χ2n) is 5.16. The lowest BCUT2D eigenvalue weighted by Crippen LogP contribution is -2.43. The van der Waals surface area contributed by atoms with E-state index in [1.807, 2.05) is 12.3 Å². The average molecular weight is 220 g/mol. The standard InChI is InChI=1S/C13H20N2O/c1-13(2,11-6-7-11)14-8-10-15-9-4-3-5-12(15)16/h3-5,9,11,14H,6-8,10H2,1-2H3. The second kappa shape index (κ2) is 4.42. The van der Waals surface area contributed by atoms with Crippen molar-refractivity contribution < 1.29 is 0 Å². The van der Waals surface area contributed by atoms with E-state index in [1.165, 1.54) is 12.8 Å². The smallest absolute Gasteiger partial charge is 0.250 e. The molecule has 1 aromatic rings. The summed E-state index contributed by atoms with van der Waals surface area (Å²) in [4.78, 5) is 11.5. The fourth-order valence-electron chi connectivity index (χ4n) is 2.09. The van der Waals surface area contributed by atoms with E-state index in [1.54, 1.807) is 16.7 Å². The first kappa shape index (κ1) is 11.4. The molecule has 0 amide bonds. The fraction of sp³-hybridized carbons (Fsp3) is 0.615. The van der Waals surface area contributed by atoms with E-state index in [4.69, 9.17) is 0 Å². The van der Waals surface area contributed by atoms with Gasteiger partial charge in [0.1, 0.15) is 0 Å². The molecule has 0 saturated heterocycles. The van der Waals surface area contributed by atoms with Crippen molar-refractivity contribution in [1.82, 2.24) is 9.88 Å². The minimum absolute atomic E-state index is 0.0773. The third-order valence-electron chi connectivity index (χ3n) is 3.43. The summed E-state index contributed by atoms with van der Waals surface area (Å²) in [7, 11) is 0. The number of hydrogen-bond donors (Lipinski definition) is 1. The lowest BCUT2D eigenvalue weighted by Gasteiger charge is -2.26. The molecule has 2 rings (SSSR count). The highest BCUT2D eigenvalue weighted by Gasteiger charge is 2.36. The van der Waals surface area contributed by atoms with E-state index in [-0.39, 0.29) is 11.1 Å². The zero-order valence-electron chi connectivity index (χ0n) is 10.1. The zero-order valence-corrected chi connectivity index (χ0v) is 10.1. The molecule has 0 aromatic carbocycles. The van der Waals surface area contributed by atoms with Crippen molar-refractivity contribution in [1.29, 1.82) is 0 Å². The molecule has 1 heterocycles. The van der Waals surface area contributed by atoms with Crippen LogP contribution in [0.1, 0.15) is 26.7 Å². The normalized spacial score (nSPS) is 16.4. The van der Waals surface area contributed by atoms with Crippen molar-refractivity contribution in [2.45, 2.75) is 38.8 Å². The van der Waals surface area contributed by atoms with E-state index in [0.29, 0.717) is 0 Å². The second-order valence-corrected chi connectivity index (χ2v) is 5.16. The molecule has 1 fully saturated rings. The van der Waals surface area contributed by atoms with Crippen molar-refractivity contribution in [3.05, 3.63) is 34.7 Å². The predicted molar refractivity (Wildman–Crippen MR) is 65.5 cm³/mol. The Kier molecular flexibility index (Phi) is 3.15. The van der Waals surface area contributed by atoms with Crippen LogP contribution < -0.4 is 10.9 Å². The average Bonchev–Trinajstić information content (AvgIpc) is 3.04. The van der Waals surface area contributed by atoms with Crippen LogP contribution in [0, 0.1) is 5.92 Å². The Bertz CT molecular complexity index is 404. The summed E-state index contributed by atoms with van der Waals surface area (Å²) >= 11 is 0. The molecule has 1 aromatic heterocycles. The Morgan fingerprint density at radius 1 is 1.44 bits per heavy atom. The molecule has 0 radical (unpaired) electrons. The molecular formula is C13H20N2O. The Labute approximate surface area is 96.5 Å². The van der Waals surface area contributed by atoms with Gasteiger partial charge in [-0.25, -0.2) is 0 Å². The van der Waals surface area contributed by atoms with Gasteiger partial charge in [0.25, 0.3) is 5.56 Å². The molecule has 16 heavy (non-hydrogen) atoms. The summed E-state index contributed by atoms with van der Waals surface area (Å²) < 4.78 is 1.75. The quantitative estimate of drug-likeness (QED) is 0.818. The first-order chi connectivity index (χ1) is 7.59. The largest absolute Gasteiger partial charge is 0.314 e. The van der Waals surface area contributed by atoms with E-state index in [9.17, 15) is 4.79 Å². The molecule has 0 aliphatic heterocycles. The van der Waals surface area contributed by atoms with Gasteiger partial charge in [0.15, 0.2) is 0 Å². The number of aromatic nitrogens is 1. The van der Waals surface area contributed by atoms with Crippen molar-refractivity contribution in [2.24, 2.45) is 5.92 Å². The summed E-state index contributed by atoms with van der Waals surface area (Å²) in [5.41, 5.74) is 0.298. The highest BCUT2D eigenvalue weighted by Crippen LogP contribution is 2.38. The minimum atomic E-state index is 0.0773. The summed E-state index contributed by atoms with van der Waals surface area (Å²) in [6.07, 6.45) is 4.52. The van der Waals surface area contributed by atoms with Crippen LogP contribution in [0.25, 0.3) is 0 Å². The zero-order chi connectivity index (χ0) is 11.6. The van der Waals surface area contributed by atoms with Gasteiger partial charge >= 0.3 is 0 Å². The molecule has 1 aliphatic rings. The fourth-order valence-corrected chi connectivity index (χ4v) is 2.09. The van der Waals surface area contributed by atoms with E-state index in [2.05, 4.69) is 19.2 Å². The number of pyridine rings is 1. The van der Waals surface area contributed by atoms with Crippen LogP contribution in [-0.4, -0.2) is 16.7 Å². The van der Waals surface area contributed by atoms with Crippen LogP contribution in [0.15, 0.2) is 29.2 Å². The molecule has 88 valence electrons. The summed E-state index contributed by atoms with van der Waals surface area (Å²) in [6.45, 7) is 6.10. The summed E-state index contributed by atoms with van der Waals surface area (Å²) in [5.74, 6) is 0.819. The first-order valence-corrected chi connectivity index (χ1v) is 6.00. The topological polar surface area (TPSA) is 34.0 Å². The molecule has 1 N–H and O–H groups in total. The van der Waals surface area contributed by atoms with Gasteiger partial charge in [-0.15, -0.1) is 0 Å². The number of nitrogens with one attached hydrogen (secondary N) is 1. The monoisotopic (exact) mass is 220 g/mol. The minimum Gasteiger partial charge on any atom is -0.314 e. The van der Waals surface area contributed by atoms with Crippen LogP contribution >= 0.6 is 0 Å². The molecule has 0 spiro atoms. The molecule has 1 aliphatic carbocycles. The van der Waals surface area contributed by atoms with Crippen molar-refractivity contribution >= 4 is 0 Å². The maximum absolute atomic E-state index is 11.5. The summed E-state index contributed by atoms with van der Waals surface area (Å²) in [6, 6.07) is 5.28. The molecule has 0 atom stereocenters. The van der Waals surface area contributed by atoms with Gasteiger partial charge in [-0.1, -0.05) is 6.07 Å². The van der Waals surface area contributed by atoms with Gasteiger partial charge < -0.3 is 9.88 Å². The number of rotatable bonds is 5. The lowest BCUT2D eigenvalue weighted by atomic mass is 9.99. The number of nitrogens with zero attached hydrogens (tertiary/aromatic N) is 1. The molecule has 3 nitrogen and oxygen atoms in total. The number of hydrogen-bond acceptors (Lipinski definition) is 2. The van der Waals surface area contributed by atoms with Crippen LogP contribution in [0.4, 0.5) is 0 Å². The van der Waals surface area contributed by atoms with Crippen molar-refractivity contribution in [2.75, 3.05) is 6.54 Å². The van der Waals surface area contributed by atoms with Crippen LogP contribution in [0.5, 0.6) is 0 Å². The first-order valence-electron chi connectivity index (χ1n) is 6.00. The van der Waals surface area contributed by atoms with Crippen molar-refractivity contribution in [3.63, 3.8) is 0 Å². The van der Waals surface area contributed by atoms with Gasteiger partial charge in [0.05, 0.1) is 0 Å². The van der Waals surface area contributed by atoms with E-state index >= 15 is 0 Å². The Hall–Kier alpha value is -1.09. The van der Waals surface area contributed by atoms with Gasteiger partial charge in [0, 0.05) is 30.9 Å². The Morgan fingerprint density at radius 3 is 2.81 bits per heavy atom. The Morgan fingerprint density at radius 2 is 2.19 bits per heavy atom. The Balaban J connectivity index is 1.84. The summed E-state index contributed by atoms with van der Waals surface area (Å²) in [5, 5.41) is 3.54. The maximum Gasteiger partial charge on any atom is 0.250 e. The molecular weight excluding hydrogens is 200 g/mol. The van der Waals surface area contributed by atoms with Crippen LogP contribution in [0.2, 0.25) is 0 Å². The molecule has 1 saturated carbocycles. The van der Waals surface area contributed by atoms with Crippen LogP contribution in [0.3, 0.4) is 0 Å². The highest BCUT2D eigenvalue weighted by molar-refractivity contribution is 4.95. The van der Waals surface area contributed by atoms with Gasteiger partial charge in [0.2, 0.25) is 0 Å².